The summed E-state index contributed by atoms with van der Waals surface area (Å²) in [5, 5.41) is 9.00. The third-order valence-electron chi connectivity index (χ3n) is 5.47. The van der Waals surface area contributed by atoms with Crippen LogP contribution in [0.1, 0.15) is 57.8 Å². The van der Waals surface area contributed by atoms with Gasteiger partial charge in [0.1, 0.15) is 6.54 Å². The summed E-state index contributed by atoms with van der Waals surface area (Å²) in [6.07, 6.45) is 10.4. The number of amides is 1. The lowest BCUT2D eigenvalue weighted by Gasteiger charge is -2.40. The van der Waals surface area contributed by atoms with Crippen molar-refractivity contribution >= 4 is 11.9 Å². The Hall–Kier alpha value is -1.06. The van der Waals surface area contributed by atoms with Crippen molar-refractivity contribution in [2.75, 3.05) is 6.54 Å². The molecular weight excluding hydrogens is 254 g/mol. The molecule has 1 amide bonds. The Kier molecular flexibility index (Phi) is 3.99. The van der Waals surface area contributed by atoms with Gasteiger partial charge in [-0.2, -0.15) is 0 Å². The Morgan fingerprint density at radius 3 is 2.30 bits per heavy atom. The molecule has 0 aromatic carbocycles. The topological polar surface area (TPSA) is 57.6 Å². The highest BCUT2D eigenvalue weighted by molar-refractivity contribution is 5.83. The van der Waals surface area contributed by atoms with Crippen LogP contribution in [0.5, 0.6) is 0 Å². The zero-order valence-electron chi connectivity index (χ0n) is 12.1. The summed E-state index contributed by atoms with van der Waals surface area (Å²) in [5.41, 5.74) is 0. The molecule has 3 saturated carbocycles. The number of hydrogen-bond acceptors (Lipinski definition) is 2. The van der Waals surface area contributed by atoms with Gasteiger partial charge in [0.05, 0.1) is 0 Å². The summed E-state index contributed by atoms with van der Waals surface area (Å²) in [5.74, 6) is 0.892. The highest BCUT2D eigenvalue weighted by Crippen LogP contribution is 2.43. The Morgan fingerprint density at radius 2 is 1.65 bits per heavy atom. The van der Waals surface area contributed by atoms with Gasteiger partial charge in [0.15, 0.2) is 0 Å². The average molecular weight is 279 g/mol. The normalized spacial score (nSPS) is 33.3. The minimum Gasteiger partial charge on any atom is -0.480 e. The molecule has 0 spiro atoms. The number of rotatable bonds is 4. The van der Waals surface area contributed by atoms with Gasteiger partial charge in [0.25, 0.3) is 0 Å². The predicted molar refractivity (Wildman–Crippen MR) is 75.2 cm³/mol. The third-order valence-corrected chi connectivity index (χ3v) is 5.47. The van der Waals surface area contributed by atoms with Gasteiger partial charge < -0.3 is 10.0 Å². The summed E-state index contributed by atoms with van der Waals surface area (Å²) in [6.45, 7) is -0.103. The third kappa shape index (κ3) is 2.99. The van der Waals surface area contributed by atoms with Crippen LogP contribution in [0.25, 0.3) is 0 Å². The molecular formula is C16H25NO3. The molecule has 3 unspecified atom stereocenters. The number of carbonyl (C=O) groups is 2. The number of carboxylic acid groups (broad SMARTS) is 1. The molecule has 3 atom stereocenters. The van der Waals surface area contributed by atoms with E-state index < -0.39 is 5.97 Å². The molecule has 3 fully saturated rings. The highest BCUT2D eigenvalue weighted by atomic mass is 16.4. The quantitative estimate of drug-likeness (QED) is 0.860. The van der Waals surface area contributed by atoms with Crippen molar-refractivity contribution in [3.05, 3.63) is 0 Å². The van der Waals surface area contributed by atoms with Gasteiger partial charge in [-0.15, -0.1) is 0 Å². The molecule has 112 valence electrons. The van der Waals surface area contributed by atoms with E-state index in [9.17, 15) is 9.59 Å². The number of carbonyl (C=O) groups excluding carboxylic acids is 1. The van der Waals surface area contributed by atoms with E-state index in [0.29, 0.717) is 0 Å². The Labute approximate surface area is 120 Å². The molecule has 0 aromatic rings. The van der Waals surface area contributed by atoms with Gasteiger partial charge in [0.2, 0.25) is 5.91 Å². The van der Waals surface area contributed by atoms with Crippen LogP contribution in [0, 0.1) is 17.8 Å². The maximum absolute atomic E-state index is 12.7. The van der Waals surface area contributed by atoms with Gasteiger partial charge in [-0.05, 0) is 43.9 Å². The zero-order valence-corrected chi connectivity index (χ0v) is 12.1. The smallest absolute Gasteiger partial charge is 0.323 e. The minimum atomic E-state index is -0.878. The second kappa shape index (κ2) is 5.74. The van der Waals surface area contributed by atoms with Crippen LogP contribution >= 0.6 is 0 Å². The predicted octanol–water partition coefficient (Wildman–Crippen LogP) is 2.67. The van der Waals surface area contributed by atoms with E-state index >= 15 is 0 Å². The molecule has 3 aliphatic carbocycles. The van der Waals surface area contributed by atoms with Crippen molar-refractivity contribution in [3.8, 4) is 0 Å². The van der Waals surface area contributed by atoms with Crippen molar-refractivity contribution in [1.29, 1.82) is 0 Å². The van der Waals surface area contributed by atoms with E-state index in [-0.39, 0.29) is 24.4 Å². The summed E-state index contributed by atoms with van der Waals surface area (Å²) in [4.78, 5) is 25.3. The fourth-order valence-corrected chi connectivity index (χ4v) is 4.25. The molecule has 4 heteroatoms. The number of nitrogens with zero attached hydrogens (tertiary/aromatic N) is 1. The van der Waals surface area contributed by atoms with Crippen molar-refractivity contribution in [2.24, 2.45) is 17.8 Å². The van der Waals surface area contributed by atoms with Crippen molar-refractivity contribution in [2.45, 2.75) is 63.8 Å². The molecule has 0 radical (unpaired) electrons. The molecule has 3 aliphatic rings. The first-order valence-corrected chi connectivity index (χ1v) is 8.17. The van der Waals surface area contributed by atoms with E-state index in [0.717, 1.165) is 37.5 Å². The fraction of sp³-hybridized carbons (Fsp3) is 0.875. The summed E-state index contributed by atoms with van der Waals surface area (Å²) in [7, 11) is 0. The summed E-state index contributed by atoms with van der Waals surface area (Å²) < 4.78 is 0. The van der Waals surface area contributed by atoms with Gasteiger partial charge in [-0.1, -0.05) is 25.7 Å². The average Bonchev–Trinajstić information content (AvgIpc) is 3.28. The molecule has 0 bridgehead atoms. The maximum Gasteiger partial charge on any atom is 0.323 e. The van der Waals surface area contributed by atoms with E-state index in [1.807, 2.05) is 0 Å². The van der Waals surface area contributed by atoms with E-state index in [1.165, 1.54) is 32.1 Å². The van der Waals surface area contributed by atoms with Gasteiger partial charge in [-0.3, -0.25) is 9.59 Å². The number of aliphatic carboxylic acids is 1. The zero-order chi connectivity index (χ0) is 14.1. The van der Waals surface area contributed by atoms with Crippen molar-refractivity contribution < 1.29 is 14.7 Å². The molecule has 0 aliphatic heterocycles. The lowest BCUT2D eigenvalue weighted by atomic mass is 9.67. The monoisotopic (exact) mass is 279 g/mol. The summed E-state index contributed by atoms with van der Waals surface area (Å²) >= 11 is 0. The lowest BCUT2D eigenvalue weighted by molar-refractivity contribution is -0.148. The van der Waals surface area contributed by atoms with E-state index in [4.69, 9.17) is 5.11 Å². The van der Waals surface area contributed by atoms with Crippen LogP contribution in [0.4, 0.5) is 0 Å². The first-order chi connectivity index (χ1) is 9.65. The number of carboxylic acids is 1. The van der Waals surface area contributed by atoms with E-state index in [1.54, 1.807) is 4.90 Å². The maximum atomic E-state index is 12.7. The Bertz CT molecular complexity index is 391. The second-order valence-electron chi connectivity index (χ2n) is 6.91. The summed E-state index contributed by atoms with van der Waals surface area (Å²) in [6, 6.07) is 0.211. The lowest BCUT2D eigenvalue weighted by Crippen LogP contribution is -2.43. The Morgan fingerprint density at radius 1 is 0.950 bits per heavy atom. The van der Waals surface area contributed by atoms with Crippen LogP contribution in [-0.2, 0) is 9.59 Å². The second-order valence-corrected chi connectivity index (χ2v) is 6.91. The minimum absolute atomic E-state index is 0.0919. The molecule has 0 aromatic heterocycles. The van der Waals surface area contributed by atoms with Crippen LogP contribution < -0.4 is 0 Å². The number of hydrogen-bond donors (Lipinski definition) is 1. The molecule has 3 rings (SSSR count). The molecule has 4 nitrogen and oxygen atoms in total. The van der Waals surface area contributed by atoms with E-state index in [2.05, 4.69) is 0 Å². The van der Waals surface area contributed by atoms with Gasteiger partial charge in [0, 0.05) is 12.0 Å². The van der Waals surface area contributed by atoms with Gasteiger partial charge >= 0.3 is 5.97 Å². The van der Waals surface area contributed by atoms with Crippen molar-refractivity contribution in [3.63, 3.8) is 0 Å². The van der Waals surface area contributed by atoms with Crippen molar-refractivity contribution in [1.82, 2.24) is 4.90 Å². The Balaban J connectivity index is 1.62. The van der Waals surface area contributed by atoms with Crippen LogP contribution in [0.2, 0.25) is 0 Å². The molecule has 0 heterocycles. The van der Waals surface area contributed by atoms with Crippen LogP contribution in [0.3, 0.4) is 0 Å². The molecule has 0 saturated heterocycles. The first-order valence-electron chi connectivity index (χ1n) is 8.17. The van der Waals surface area contributed by atoms with Crippen LogP contribution in [0.15, 0.2) is 0 Å². The largest absolute Gasteiger partial charge is 0.480 e. The van der Waals surface area contributed by atoms with Gasteiger partial charge in [-0.25, -0.2) is 0 Å². The fourth-order valence-electron chi connectivity index (χ4n) is 4.25. The number of fused-ring (bicyclic) bond motifs is 1. The van der Waals surface area contributed by atoms with Crippen LogP contribution in [-0.4, -0.2) is 34.5 Å². The first kappa shape index (κ1) is 13.9. The highest BCUT2D eigenvalue weighted by Gasteiger charge is 2.40. The molecule has 1 N–H and O–H groups in total. The molecule has 20 heavy (non-hydrogen) atoms. The SMILES string of the molecule is O=C(O)CN(C(=O)C1CCC2CCCCC2C1)C1CC1. The standard InChI is InChI=1S/C16H25NO3/c18-15(19)10-17(14-7-8-14)16(20)13-6-5-11-3-1-2-4-12(11)9-13/h11-14H,1-10H2,(H,18,19).